The van der Waals surface area contributed by atoms with Crippen LogP contribution < -0.4 is 0 Å². The number of carboxylic acid groups (broad SMARTS) is 1. The van der Waals surface area contributed by atoms with Gasteiger partial charge >= 0.3 is 5.97 Å². The maximum Gasteiger partial charge on any atom is 0.311 e. The molecule has 0 saturated carbocycles. The number of ketones is 1. The van der Waals surface area contributed by atoms with Gasteiger partial charge in [-0.15, -0.1) is 0 Å². The number of halogens is 1. The molecule has 3 aromatic carbocycles. The lowest BCUT2D eigenvalue weighted by molar-refractivity contribution is -0.139. The fourth-order valence-electron chi connectivity index (χ4n) is 3.29. The number of Topliss-reactive ketones (excluding diaryl/α,β-unsaturated/α-hetero) is 1. The minimum absolute atomic E-state index is 0.0622. The first-order chi connectivity index (χ1) is 13.1. The summed E-state index contributed by atoms with van der Waals surface area (Å²) in [5.74, 6) is -2.27. The van der Waals surface area contributed by atoms with Crippen LogP contribution in [0, 0.1) is 0 Å². The quantitative estimate of drug-likeness (QED) is 0.498. The number of aliphatic carboxylic acids is 1. The monoisotopic (exact) mass is 422 g/mol. The summed E-state index contributed by atoms with van der Waals surface area (Å²) in [5, 5.41) is 9.99. The van der Waals surface area contributed by atoms with Crippen LogP contribution in [0.25, 0.3) is 0 Å². The van der Waals surface area contributed by atoms with Crippen molar-refractivity contribution in [3.05, 3.63) is 106 Å². The molecule has 0 aliphatic rings. The number of carbonyl (C=O) groups excluding carboxylic acids is 1. The van der Waals surface area contributed by atoms with Gasteiger partial charge in [0, 0.05) is 22.4 Å². The molecule has 3 nitrogen and oxygen atoms in total. The summed E-state index contributed by atoms with van der Waals surface area (Å²) in [7, 11) is 0. The van der Waals surface area contributed by atoms with E-state index in [1.165, 1.54) is 0 Å². The van der Waals surface area contributed by atoms with Gasteiger partial charge < -0.3 is 5.11 Å². The molecule has 2 unspecified atom stereocenters. The summed E-state index contributed by atoms with van der Waals surface area (Å²) in [6.45, 7) is 0. The van der Waals surface area contributed by atoms with Crippen molar-refractivity contribution in [2.45, 2.75) is 18.3 Å². The van der Waals surface area contributed by atoms with E-state index in [0.29, 0.717) is 11.1 Å². The van der Waals surface area contributed by atoms with Crippen LogP contribution >= 0.6 is 15.9 Å². The van der Waals surface area contributed by atoms with Crippen LogP contribution in [0.5, 0.6) is 0 Å². The van der Waals surface area contributed by atoms with Gasteiger partial charge in [0.05, 0.1) is 5.92 Å². The Kier molecular flexibility index (Phi) is 6.20. The average molecular weight is 423 g/mol. The molecular formula is C23H19BrO3. The minimum Gasteiger partial charge on any atom is -0.481 e. The molecule has 0 saturated heterocycles. The molecule has 0 heterocycles. The standard InChI is InChI=1S/C23H19BrO3/c24-19-13-11-18(12-14-19)22(23(26)27)20(16-7-3-1-4-8-16)15-21(25)17-9-5-2-6-10-17/h1-14,20,22H,15H2,(H,26,27). The van der Waals surface area contributed by atoms with E-state index in [1.54, 1.807) is 24.3 Å². The highest BCUT2D eigenvalue weighted by molar-refractivity contribution is 9.10. The predicted octanol–water partition coefficient (Wildman–Crippen LogP) is 5.67. The summed E-state index contributed by atoms with van der Waals surface area (Å²) in [6, 6.07) is 25.7. The fraction of sp³-hybridized carbons (Fsp3) is 0.130. The second kappa shape index (κ2) is 8.78. The van der Waals surface area contributed by atoms with Crippen LogP contribution in [0.2, 0.25) is 0 Å². The molecule has 0 bridgehead atoms. The first-order valence-corrected chi connectivity index (χ1v) is 9.47. The third-order valence-electron chi connectivity index (χ3n) is 4.63. The molecule has 0 aromatic heterocycles. The van der Waals surface area contributed by atoms with Crippen molar-refractivity contribution < 1.29 is 14.7 Å². The van der Waals surface area contributed by atoms with Crippen molar-refractivity contribution in [2.75, 3.05) is 0 Å². The van der Waals surface area contributed by atoms with E-state index in [9.17, 15) is 14.7 Å². The lowest BCUT2D eigenvalue weighted by Gasteiger charge is -2.24. The average Bonchev–Trinajstić information content (AvgIpc) is 2.70. The minimum atomic E-state index is -0.938. The lowest BCUT2D eigenvalue weighted by atomic mass is 9.78. The van der Waals surface area contributed by atoms with Crippen molar-refractivity contribution in [3.8, 4) is 0 Å². The highest BCUT2D eigenvalue weighted by Gasteiger charge is 2.32. The predicted molar refractivity (Wildman–Crippen MR) is 109 cm³/mol. The lowest BCUT2D eigenvalue weighted by Crippen LogP contribution is -2.23. The Bertz CT molecular complexity index is 905. The van der Waals surface area contributed by atoms with E-state index in [1.807, 2.05) is 60.7 Å². The topological polar surface area (TPSA) is 54.4 Å². The molecule has 1 N–H and O–H groups in total. The molecule has 0 aliphatic carbocycles. The van der Waals surface area contributed by atoms with Gasteiger partial charge in [-0.1, -0.05) is 88.7 Å². The Morgan fingerprint density at radius 3 is 1.89 bits per heavy atom. The van der Waals surface area contributed by atoms with Gasteiger partial charge in [0.25, 0.3) is 0 Å². The highest BCUT2D eigenvalue weighted by Crippen LogP contribution is 2.37. The highest BCUT2D eigenvalue weighted by atomic mass is 79.9. The first kappa shape index (κ1) is 19.1. The van der Waals surface area contributed by atoms with Crippen molar-refractivity contribution in [2.24, 2.45) is 0 Å². The third kappa shape index (κ3) is 4.72. The molecule has 0 radical (unpaired) electrons. The smallest absolute Gasteiger partial charge is 0.311 e. The fourth-order valence-corrected chi connectivity index (χ4v) is 3.55. The first-order valence-electron chi connectivity index (χ1n) is 8.67. The maximum absolute atomic E-state index is 12.8. The SMILES string of the molecule is O=C(CC(c1ccccc1)C(C(=O)O)c1ccc(Br)cc1)c1ccccc1. The Morgan fingerprint density at radius 1 is 0.778 bits per heavy atom. The number of benzene rings is 3. The van der Waals surface area contributed by atoms with Crippen LogP contribution in [-0.2, 0) is 4.79 Å². The van der Waals surface area contributed by atoms with E-state index in [-0.39, 0.29) is 12.2 Å². The van der Waals surface area contributed by atoms with Crippen LogP contribution in [0.3, 0.4) is 0 Å². The molecule has 27 heavy (non-hydrogen) atoms. The summed E-state index contributed by atoms with van der Waals surface area (Å²) in [5.41, 5.74) is 2.12. The van der Waals surface area contributed by atoms with Crippen LogP contribution in [0.1, 0.15) is 39.7 Å². The molecule has 3 aromatic rings. The van der Waals surface area contributed by atoms with Crippen molar-refractivity contribution in [1.82, 2.24) is 0 Å². The molecule has 0 aliphatic heterocycles. The van der Waals surface area contributed by atoms with Gasteiger partial charge in [0.15, 0.2) is 5.78 Å². The Morgan fingerprint density at radius 2 is 1.33 bits per heavy atom. The Hall–Kier alpha value is -2.72. The summed E-state index contributed by atoms with van der Waals surface area (Å²) in [6.07, 6.45) is 0.126. The zero-order chi connectivity index (χ0) is 19.2. The summed E-state index contributed by atoms with van der Waals surface area (Å²) >= 11 is 3.38. The molecule has 136 valence electrons. The van der Waals surface area contributed by atoms with Gasteiger partial charge in [0.1, 0.15) is 0 Å². The second-order valence-corrected chi connectivity index (χ2v) is 7.29. The second-order valence-electron chi connectivity index (χ2n) is 6.38. The zero-order valence-electron chi connectivity index (χ0n) is 14.6. The maximum atomic E-state index is 12.8. The molecule has 0 amide bonds. The summed E-state index contributed by atoms with van der Waals surface area (Å²) in [4.78, 5) is 25.0. The third-order valence-corrected chi connectivity index (χ3v) is 5.16. The Labute approximate surface area is 166 Å². The van der Waals surface area contributed by atoms with Gasteiger partial charge in [0.2, 0.25) is 0 Å². The molecule has 2 atom stereocenters. The van der Waals surface area contributed by atoms with Crippen LogP contribution in [0.4, 0.5) is 0 Å². The van der Waals surface area contributed by atoms with Crippen LogP contribution in [0.15, 0.2) is 89.4 Å². The zero-order valence-corrected chi connectivity index (χ0v) is 16.2. The van der Waals surface area contributed by atoms with Gasteiger partial charge in [-0.05, 0) is 23.3 Å². The molecule has 0 spiro atoms. The van der Waals surface area contributed by atoms with E-state index in [2.05, 4.69) is 15.9 Å². The molecule has 4 heteroatoms. The van der Waals surface area contributed by atoms with E-state index < -0.39 is 17.8 Å². The van der Waals surface area contributed by atoms with Crippen molar-refractivity contribution in [1.29, 1.82) is 0 Å². The van der Waals surface area contributed by atoms with E-state index in [4.69, 9.17) is 0 Å². The molecule has 3 rings (SSSR count). The number of carbonyl (C=O) groups is 2. The number of hydrogen-bond acceptors (Lipinski definition) is 2. The molecular weight excluding hydrogens is 404 g/mol. The van der Waals surface area contributed by atoms with Gasteiger partial charge in [-0.25, -0.2) is 0 Å². The number of rotatable bonds is 7. The number of carboxylic acids is 1. The van der Waals surface area contributed by atoms with E-state index in [0.717, 1.165) is 10.0 Å². The largest absolute Gasteiger partial charge is 0.481 e. The van der Waals surface area contributed by atoms with Crippen LogP contribution in [-0.4, -0.2) is 16.9 Å². The molecule has 0 fully saturated rings. The van der Waals surface area contributed by atoms with Crippen molar-refractivity contribution >= 4 is 27.7 Å². The normalized spacial score (nSPS) is 12.9. The van der Waals surface area contributed by atoms with Gasteiger partial charge in [-0.3, -0.25) is 9.59 Å². The van der Waals surface area contributed by atoms with E-state index >= 15 is 0 Å². The summed E-state index contributed by atoms with van der Waals surface area (Å²) < 4.78 is 0.881. The number of hydrogen-bond donors (Lipinski definition) is 1. The van der Waals surface area contributed by atoms with Crippen molar-refractivity contribution in [3.63, 3.8) is 0 Å². The Balaban J connectivity index is 2.01. The van der Waals surface area contributed by atoms with Gasteiger partial charge in [-0.2, -0.15) is 0 Å².